The SMILES string of the molecule is CB(O)c1ccc(S(=O)(=O)N(CC(C)C)C[C@@H](OP(=O)(O)O)[C@H](Cc2ccccc2)NC(=O)OC2CCOC2)nc1. The van der Waals surface area contributed by atoms with Crippen molar-refractivity contribution in [2.24, 2.45) is 5.92 Å². The number of nitrogens with zero attached hydrogens (tertiary/aromatic N) is 2. The van der Waals surface area contributed by atoms with Crippen LogP contribution < -0.4 is 10.8 Å². The Kier molecular flexibility index (Phi) is 11.9. The number of amides is 1. The lowest BCUT2D eigenvalue weighted by atomic mass is 9.65. The van der Waals surface area contributed by atoms with E-state index in [9.17, 15) is 32.6 Å². The summed E-state index contributed by atoms with van der Waals surface area (Å²) in [7, 11) is -9.46. The minimum Gasteiger partial charge on any atom is -0.446 e. The molecule has 4 N–H and O–H groups in total. The summed E-state index contributed by atoms with van der Waals surface area (Å²) in [5.41, 5.74) is 1.12. The smallest absolute Gasteiger partial charge is 0.446 e. The largest absolute Gasteiger partial charge is 0.469 e. The number of aromatic nitrogens is 1. The van der Waals surface area contributed by atoms with Crippen LogP contribution in [-0.4, -0.2) is 90.1 Å². The highest BCUT2D eigenvalue weighted by atomic mass is 32.2. The van der Waals surface area contributed by atoms with Crippen molar-refractivity contribution in [1.29, 1.82) is 0 Å². The van der Waals surface area contributed by atoms with E-state index < -0.39 is 55.6 Å². The zero-order valence-electron chi connectivity index (χ0n) is 23.2. The maximum Gasteiger partial charge on any atom is 0.469 e. The van der Waals surface area contributed by atoms with Gasteiger partial charge in [0.25, 0.3) is 10.0 Å². The molecule has 0 radical (unpaired) electrons. The molecule has 1 saturated heterocycles. The van der Waals surface area contributed by atoms with E-state index in [1.54, 1.807) is 44.2 Å². The molecule has 1 aromatic heterocycles. The number of phosphoric acid groups is 1. The predicted octanol–water partition coefficient (Wildman–Crippen LogP) is 1.15. The molecule has 13 nitrogen and oxygen atoms in total. The Hall–Kier alpha value is -2.36. The first-order valence-corrected chi connectivity index (χ1v) is 16.2. The van der Waals surface area contributed by atoms with E-state index in [0.717, 1.165) is 4.31 Å². The minimum atomic E-state index is -5.16. The number of nitrogens with one attached hydrogen (secondary N) is 1. The molecule has 0 aliphatic carbocycles. The van der Waals surface area contributed by atoms with Crippen molar-refractivity contribution in [3.63, 3.8) is 0 Å². The van der Waals surface area contributed by atoms with Crippen LogP contribution in [0.3, 0.4) is 0 Å². The average molecular weight is 613 g/mol. The second-order valence-corrected chi connectivity index (χ2v) is 13.4. The molecule has 2 heterocycles. The van der Waals surface area contributed by atoms with Crippen molar-refractivity contribution < 1.29 is 46.6 Å². The Morgan fingerprint density at radius 3 is 2.46 bits per heavy atom. The number of alkyl carbamates (subject to hydrolysis) is 1. The van der Waals surface area contributed by atoms with Crippen LogP contribution >= 0.6 is 7.82 Å². The van der Waals surface area contributed by atoms with Gasteiger partial charge in [0.15, 0.2) is 5.03 Å². The summed E-state index contributed by atoms with van der Waals surface area (Å²) in [6.07, 6.45) is -1.03. The third-order valence-corrected chi connectivity index (χ3v) is 8.58. The van der Waals surface area contributed by atoms with Gasteiger partial charge >= 0.3 is 20.8 Å². The molecule has 1 fully saturated rings. The molecule has 3 rings (SSSR count). The van der Waals surface area contributed by atoms with Gasteiger partial charge in [0.2, 0.25) is 0 Å². The number of hydrogen-bond donors (Lipinski definition) is 4. The minimum absolute atomic E-state index is 0.0366. The molecule has 226 valence electrons. The Bertz CT molecular complexity index is 1270. The van der Waals surface area contributed by atoms with Gasteiger partial charge in [0, 0.05) is 25.7 Å². The average Bonchev–Trinajstić information content (AvgIpc) is 3.40. The number of rotatable bonds is 14. The number of sulfonamides is 1. The van der Waals surface area contributed by atoms with Crippen LogP contribution in [0, 0.1) is 5.92 Å². The summed E-state index contributed by atoms with van der Waals surface area (Å²) in [6.45, 7) is 4.33. The monoisotopic (exact) mass is 613 g/mol. The van der Waals surface area contributed by atoms with Crippen LogP contribution in [0.5, 0.6) is 0 Å². The highest BCUT2D eigenvalue weighted by Crippen LogP contribution is 2.39. The number of pyridine rings is 1. The van der Waals surface area contributed by atoms with Gasteiger partial charge in [-0.3, -0.25) is 4.52 Å². The number of benzene rings is 1. The van der Waals surface area contributed by atoms with Crippen LogP contribution in [0.2, 0.25) is 6.82 Å². The van der Waals surface area contributed by atoms with E-state index in [0.29, 0.717) is 24.1 Å². The van der Waals surface area contributed by atoms with Crippen molar-refractivity contribution in [1.82, 2.24) is 14.6 Å². The second kappa shape index (κ2) is 14.7. The maximum atomic E-state index is 13.7. The van der Waals surface area contributed by atoms with E-state index in [1.165, 1.54) is 25.2 Å². The fourth-order valence-corrected chi connectivity index (χ4v) is 6.39. The third kappa shape index (κ3) is 10.5. The molecule has 1 aliphatic rings. The van der Waals surface area contributed by atoms with Crippen LogP contribution in [0.1, 0.15) is 25.8 Å². The molecule has 1 aliphatic heterocycles. The lowest BCUT2D eigenvalue weighted by Crippen LogP contribution is -2.52. The van der Waals surface area contributed by atoms with E-state index in [2.05, 4.69) is 10.3 Å². The number of ether oxygens (including phenoxy) is 2. The zero-order chi connectivity index (χ0) is 30.2. The van der Waals surface area contributed by atoms with Crippen LogP contribution in [0.15, 0.2) is 53.7 Å². The predicted molar refractivity (Wildman–Crippen MR) is 151 cm³/mol. The zero-order valence-corrected chi connectivity index (χ0v) is 24.9. The van der Waals surface area contributed by atoms with Gasteiger partial charge in [0.05, 0.1) is 19.3 Å². The van der Waals surface area contributed by atoms with Crippen LogP contribution in [0.25, 0.3) is 0 Å². The molecule has 41 heavy (non-hydrogen) atoms. The quantitative estimate of drug-likeness (QED) is 0.177. The molecule has 1 aromatic carbocycles. The van der Waals surface area contributed by atoms with Crippen molar-refractivity contribution in [3.8, 4) is 0 Å². The van der Waals surface area contributed by atoms with Crippen LogP contribution in [0.4, 0.5) is 4.79 Å². The van der Waals surface area contributed by atoms with Crippen molar-refractivity contribution in [2.45, 2.75) is 56.8 Å². The number of carbonyl (C=O) groups excluding carboxylic acids is 1. The molecule has 1 unspecified atom stereocenters. The molecule has 0 spiro atoms. The Labute approximate surface area is 240 Å². The molecular weight excluding hydrogens is 576 g/mol. The lowest BCUT2D eigenvalue weighted by molar-refractivity contribution is 0.0601. The first kappa shape index (κ1) is 33.2. The van der Waals surface area contributed by atoms with Gasteiger partial charge in [-0.25, -0.2) is 22.8 Å². The Morgan fingerprint density at radius 2 is 1.93 bits per heavy atom. The van der Waals surface area contributed by atoms with Gasteiger partial charge < -0.3 is 29.6 Å². The molecule has 0 bridgehead atoms. The van der Waals surface area contributed by atoms with E-state index in [1.807, 2.05) is 0 Å². The van der Waals surface area contributed by atoms with Gasteiger partial charge in [-0.1, -0.05) is 57.1 Å². The fourth-order valence-electron chi connectivity index (χ4n) is 4.30. The first-order chi connectivity index (χ1) is 19.2. The van der Waals surface area contributed by atoms with Gasteiger partial charge in [-0.2, -0.15) is 4.31 Å². The summed E-state index contributed by atoms with van der Waals surface area (Å²) >= 11 is 0. The highest BCUT2D eigenvalue weighted by Gasteiger charge is 2.37. The van der Waals surface area contributed by atoms with E-state index in [4.69, 9.17) is 14.0 Å². The number of phosphoric ester groups is 1. The molecule has 16 heteroatoms. The number of hydrogen-bond acceptors (Lipinski definition) is 9. The fraction of sp³-hybridized carbons (Fsp3) is 0.520. The summed E-state index contributed by atoms with van der Waals surface area (Å²) in [5.74, 6) is -0.190. The van der Waals surface area contributed by atoms with Crippen molar-refractivity contribution in [3.05, 3.63) is 54.2 Å². The summed E-state index contributed by atoms with van der Waals surface area (Å²) < 4.78 is 56.3. The number of carbonyl (C=O) groups is 1. The maximum absolute atomic E-state index is 13.7. The van der Waals surface area contributed by atoms with Gasteiger partial charge in [-0.05, 0) is 29.4 Å². The molecule has 0 saturated carbocycles. The van der Waals surface area contributed by atoms with Gasteiger partial charge in [0.1, 0.15) is 12.2 Å². The molecule has 3 atom stereocenters. The Morgan fingerprint density at radius 1 is 1.22 bits per heavy atom. The topological polar surface area (TPSA) is 185 Å². The van der Waals surface area contributed by atoms with E-state index in [-0.39, 0.29) is 30.5 Å². The third-order valence-electron chi connectivity index (χ3n) is 6.28. The molecule has 2 aromatic rings. The standard InChI is InChI=1S/C25H37BN3O10PS/c1-18(2)15-29(41(35,36)24-10-9-20(14-27-24)26(3)31)16-23(39-40(32,33)34)22(13-19-7-5-4-6-8-19)28-25(30)38-21-11-12-37-17-21/h4-10,14,18,21-23,31H,11-13,15-17H2,1-3H3,(H,28,30)(H2,32,33,34)/t21?,22-,23+/m0/s1. The second-order valence-electron chi connectivity index (χ2n) is 10.3. The molecule has 1 amide bonds. The first-order valence-electron chi connectivity index (χ1n) is 13.2. The van der Waals surface area contributed by atoms with Gasteiger partial charge in [-0.15, -0.1) is 0 Å². The Balaban J connectivity index is 1.97. The van der Waals surface area contributed by atoms with E-state index >= 15 is 0 Å². The summed E-state index contributed by atoms with van der Waals surface area (Å²) in [6, 6.07) is 10.4. The summed E-state index contributed by atoms with van der Waals surface area (Å²) in [5, 5.41) is 12.1. The normalized spacial score (nSPS) is 17.4. The summed E-state index contributed by atoms with van der Waals surface area (Å²) in [4.78, 5) is 36.4. The van der Waals surface area contributed by atoms with Crippen molar-refractivity contribution >= 4 is 36.3 Å². The highest BCUT2D eigenvalue weighted by molar-refractivity contribution is 7.89. The van der Waals surface area contributed by atoms with Crippen LogP contribution in [-0.2, 0) is 35.0 Å². The van der Waals surface area contributed by atoms with Crippen molar-refractivity contribution in [2.75, 3.05) is 26.3 Å². The molecular formula is C25H37BN3O10PS. The lowest BCUT2D eigenvalue weighted by Gasteiger charge is -2.33.